The number of hydrogen-bond acceptors (Lipinski definition) is 3. The molecular weight excluding hydrogens is 228 g/mol. The maximum absolute atomic E-state index is 11.9. The van der Waals surface area contributed by atoms with Crippen LogP contribution in [0.1, 0.15) is 36.8 Å². The summed E-state index contributed by atoms with van der Waals surface area (Å²) >= 11 is 0. The monoisotopic (exact) mass is 244 g/mol. The zero-order chi connectivity index (χ0) is 13.3. The highest BCUT2D eigenvalue weighted by Crippen LogP contribution is 2.33. The van der Waals surface area contributed by atoms with Gasteiger partial charge in [-0.2, -0.15) is 0 Å². The molecule has 0 atom stereocenters. The number of ketones is 2. The third-order valence-electron chi connectivity index (χ3n) is 3.41. The number of carbonyl (C=O) groups excluding carboxylic acids is 2. The van der Waals surface area contributed by atoms with E-state index in [9.17, 15) is 14.7 Å². The van der Waals surface area contributed by atoms with E-state index >= 15 is 0 Å². The standard InChI is InChI=1S/C15H16O3/c1-9-5-3-4-6-12(9)11-7-13(17)15(10(2)16)14(18)8-11/h3-6,11,16H,7-8H2,1-2H3. The van der Waals surface area contributed by atoms with Gasteiger partial charge in [-0.15, -0.1) is 0 Å². The molecule has 1 aliphatic carbocycles. The Morgan fingerprint density at radius 1 is 1.17 bits per heavy atom. The number of hydrogen-bond donors (Lipinski definition) is 1. The fourth-order valence-corrected chi connectivity index (χ4v) is 2.55. The maximum Gasteiger partial charge on any atom is 0.170 e. The van der Waals surface area contributed by atoms with Crippen LogP contribution < -0.4 is 0 Å². The summed E-state index contributed by atoms with van der Waals surface area (Å²) in [7, 11) is 0. The van der Waals surface area contributed by atoms with Crippen molar-refractivity contribution in [2.75, 3.05) is 0 Å². The average Bonchev–Trinajstić information content (AvgIpc) is 2.27. The largest absolute Gasteiger partial charge is 0.512 e. The third kappa shape index (κ3) is 2.21. The molecule has 1 N–H and O–H groups in total. The molecule has 1 aromatic carbocycles. The van der Waals surface area contributed by atoms with Gasteiger partial charge in [0.2, 0.25) is 0 Å². The Morgan fingerprint density at radius 3 is 2.22 bits per heavy atom. The Bertz CT molecular complexity index is 516. The van der Waals surface area contributed by atoms with E-state index in [1.807, 2.05) is 31.2 Å². The molecule has 3 nitrogen and oxygen atoms in total. The highest BCUT2D eigenvalue weighted by Gasteiger charge is 2.33. The summed E-state index contributed by atoms with van der Waals surface area (Å²) in [5.74, 6) is -0.721. The van der Waals surface area contributed by atoms with Crippen molar-refractivity contribution < 1.29 is 14.7 Å². The number of Topliss-reactive ketones (excluding diaryl/α,β-unsaturated/α-hetero) is 2. The molecule has 2 rings (SSSR count). The predicted molar refractivity (Wildman–Crippen MR) is 68.5 cm³/mol. The summed E-state index contributed by atoms with van der Waals surface area (Å²) in [6.45, 7) is 3.37. The van der Waals surface area contributed by atoms with E-state index in [-0.39, 0.29) is 28.8 Å². The van der Waals surface area contributed by atoms with E-state index in [2.05, 4.69) is 0 Å². The van der Waals surface area contributed by atoms with Crippen LogP contribution in [-0.2, 0) is 9.59 Å². The van der Waals surface area contributed by atoms with Gasteiger partial charge in [0.25, 0.3) is 0 Å². The third-order valence-corrected chi connectivity index (χ3v) is 3.41. The van der Waals surface area contributed by atoms with Crippen LogP contribution in [0.25, 0.3) is 0 Å². The molecule has 1 aromatic rings. The lowest BCUT2D eigenvalue weighted by molar-refractivity contribution is -0.124. The van der Waals surface area contributed by atoms with Crippen molar-refractivity contribution in [3.63, 3.8) is 0 Å². The first kappa shape index (κ1) is 12.6. The minimum atomic E-state index is -0.250. The van der Waals surface area contributed by atoms with Crippen LogP contribution in [0.4, 0.5) is 0 Å². The fourth-order valence-electron chi connectivity index (χ4n) is 2.55. The van der Waals surface area contributed by atoms with E-state index < -0.39 is 0 Å². The number of allylic oxidation sites excluding steroid dienone is 2. The summed E-state index contributed by atoms with van der Waals surface area (Å²) in [5, 5.41) is 9.37. The molecule has 1 aliphatic rings. The maximum atomic E-state index is 11.9. The zero-order valence-electron chi connectivity index (χ0n) is 10.6. The topological polar surface area (TPSA) is 54.4 Å². The first-order valence-electron chi connectivity index (χ1n) is 6.02. The lowest BCUT2D eigenvalue weighted by Gasteiger charge is -2.23. The average molecular weight is 244 g/mol. The minimum absolute atomic E-state index is 0.0140. The van der Waals surface area contributed by atoms with Gasteiger partial charge in [-0.25, -0.2) is 0 Å². The Kier molecular flexibility index (Phi) is 3.32. The van der Waals surface area contributed by atoms with Gasteiger partial charge >= 0.3 is 0 Å². The van der Waals surface area contributed by atoms with Crippen molar-refractivity contribution in [3.05, 3.63) is 46.7 Å². The number of aliphatic hydroxyl groups is 1. The van der Waals surface area contributed by atoms with Gasteiger partial charge in [0.05, 0.1) is 5.57 Å². The molecule has 94 valence electrons. The van der Waals surface area contributed by atoms with Gasteiger partial charge in [0.15, 0.2) is 11.6 Å². The Morgan fingerprint density at radius 2 is 1.72 bits per heavy atom. The molecule has 0 aliphatic heterocycles. The van der Waals surface area contributed by atoms with Crippen molar-refractivity contribution >= 4 is 11.6 Å². The molecule has 0 radical (unpaired) electrons. The molecule has 0 saturated heterocycles. The van der Waals surface area contributed by atoms with Gasteiger partial charge in [0.1, 0.15) is 5.76 Å². The Balaban J connectivity index is 2.32. The van der Waals surface area contributed by atoms with Crippen LogP contribution in [0, 0.1) is 6.92 Å². The van der Waals surface area contributed by atoms with Crippen LogP contribution in [0.15, 0.2) is 35.6 Å². The SMILES string of the molecule is CC(O)=C1C(=O)CC(c2ccccc2C)CC1=O. The van der Waals surface area contributed by atoms with E-state index in [4.69, 9.17) is 0 Å². The lowest BCUT2D eigenvalue weighted by Crippen LogP contribution is -2.26. The molecule has 0 bridgehead atoms. The van der Waals surface area contributed by atoms with E-state index in [0.717, 1.165) is 11.1 Å². The minimum Gasteiger partial charge on any atom is -0.512 e. The number of rotatable bonds is 1. The first-order chi connectivity index (χ1) is 8.50. The van der Waals surface area contributed by atoms with E-state index in [1.165, 1.54) is 6.92 Å². The summed E-state index contributed by atoms with van der Waals surface area (Å²) in [6.07, 6.45) is 0.591. The van der Waals surface area contributed by atoms with E-state index in [1.54, 1.807) is 0 Å². The molecule has 0 spiro atoms. The van der Waals surface area contributed by atoms with Crippen molar-refractivity contribution in [2.24, 2.45) is 0 Å². The molecule has 3 heteroatoms. The summed E-state index contributed by atoms with van der Waals surface area (Å²) in [6, 6.07) is 7.79. The highest BCUT2D eigenvalue weighted by molar-refractivity contribution is 6.22. The van der Waals surface area contributed by atoms with Crippen LogP contribution in [0.2, 0.25) is 0 Å². The van der Waals surface area contributed by atoms with Crippen molar-refractivity contribution in [2.45, 2.75) is 32.6 Å². The number of aliphatic hydroxyl groups excluding tert-OH is 1. The summed E-state index contributed by atoms with van der Waals surface area (Å²) in [5.41, 5.74) is 2.13. The number of aryl methyl sites for hydroxylation is 1. The van der Waals surface area contributed by atoms with Gasteiger partial charge in [-0.05, 0) is 30.9 Å². The molecule has 0 aromatic heterocycles. The molecular formula is C15H16O3. The summed E-state index contributed by atoms with van der Waals surface area (Å²) < 4.78 is 0. The molecule has 18 heavy (non-hydrogen) atoms. The normalized spacial score (nSPS) is 20.1. The lowest BCUT2D eigenvalue weighted by atomic mass is 9.78. The zero-order valence-corrected chi connectivity index (χ0v) is 10.6. The van der Waals surface area contributed by atoms with Crippen LogP contribution in [0.3, 0.4) is 0 Å². The van der Waals surface area contributed by atoms with Gasteiger partial charge < -0.3 is 5.11 Å². The second kappa shape index (κ2) is 4.77. The molecule has 1 fully saturated rings. The van der Waals surface area contributed by atoms with Crippen molar-refractivity contribution in [3.8, 4) is 0 Å². The first-order valence-corrected chi connectivity index (χ1v) is 6.02. The quantitative estimate of drug-likeness (QED) is 0.469. The highest BCUT2D eigenvalue weighted by atomic mass is 16.3. The van der Waals surface area contributed by atoms with Crippen LogP contribution in [0.5, 0.6) is 0 Å². The molecule has 1 saturated carbocycles. The van der Waals surface area contributed by atoms with Crippen LogP contribution in [-0.4, -0.2) is 16.7 Å². The fraction of sp³-hybridized carbons (Fsp3) is 0.333. The number of benzene rings is 1. The van der Waals surface area contributed by atoms with Crippen molar-refractivity contribution in [1.29, 1.82) is 0 Å². The second-order valence-electron chi connectivity index (χ2n) is 4.77. The molecule has 0 unspecified atom stereocenters. The number of carbonyl (C=O) groups is 2. The Hall–Kier alpha value is -1.90. The van der Waals surface area contributed by atoms with Gasteiger partial charge in [0, 0.05) is 12.8 Å². The van der Waals surface area contributed by atoms with Gasteiger partial charge in [-0.1, -0.05) is 24.3 Å². The van der Waals surface area contributed by atoms with E-state index in [0.29, 0.717) is 12.8 Å². The second-order valence-corrected chi connectivity index (χ2v) is 4.77. The summed E-state index contributed by atoms with van der Waals surface area (Å²) in [4.78, 5) is 23.8. The van der Waals surface area contributed by atoms with Crippen LogP contribution >= 0.6 is 0 Å². The predicted octanol–water partition coefficient (Wildman–Crippen LogP) is 2.84. The molecule has 0 heterocycles. The van der Waals surface area contributed by atoms with Crippen molar-refractivity contribution in [1.82, 2.24) is 0 Å². The smallest absolute Gasteiger partial charge is 0.170 e. The van der Waals surface area contributed by atoms with Gasteiger partial charge in [-0.3, -0.25) is 9.59 Å². The molecule has 0 amide bonds. The Labute approximate surface area is 106 Å².